The third kappa shape index (κ3) is 1.60. The highest BCUT2D eigenvalue weighted by molar-refractivity contribution is 6.08. The molecule has 2 bridgehead atoms. The van der Waals surface area contributed by atoms with Crippen LogP contribution in [0, 0.1) is 5.92 Å². The maximum Gasteiger partial charge on any atom is 0.411 e. The zero-order valence-corrected chi connectivity index (χ0v) is 11.1. The normalized spacial score (nSPS) is 34.3. The van der Waals surface area contributed by atoms with E-state index >= 15 is 0 Å². The molecule has 1 aliphatic carbocycles. The Balaban J connectivity index is 1.59. The molecule has 3 saturated heterocycles. The summed E-state index contributed by atoms with van der Waals surface area (Å²) in [5, 5.41) is 2.33. The molecular weight excluding hydrogens is 274 g/mol. The van der Waals surface area contributed by atoms with Crippen molar-refractivity contribution in [3.8, 4) is 0 Å². The number of imide groups is 1. The lowest BCUT2D eigenvalue weighted by atomic mass is 9.63. The minimum Gasteiger partial charge on any atom is -0.438 e. The molecule has 4 heterocycles. The van der Waals surface area contributed by atoms with Crippen LogP contribution >= 0.6 is 0 Å². The Morgan fingerprint density at radius 2 is 2.10 bits per heavy atom. The Morgan fingerprint density at radius 1 is 1.29 bits per heavy atom. The van der Waals surface area contributed by atoms with E-state index in [1.165, 1.54) is 4.90 Å². The molecule has 5 rings (SSSR count). The molecule has 21 heavy (non-hydrogen) atoms. The summed E-state index contributed by atoms with van der Waals surface area (Å²) in [7, 11) is 0. The van der Waals surface area contributed by atoms with Gasteiger partial charge in [0, 0.05) is 12.1 Å². The number of fused-ring (bicyclic) bond motifs is 2. The number of rotatable bonds is 2. The number of piperidine rings is 2. The van der Waals surface area contributed by atoms with Gasteiger partial charge >= 0.3 is 6.09 Å². The van der Waals surface area contributed by atoms with Gasteiger partial charge in [0.1, 0.15) is 5.54 Å². The minimum absolute atomic E-state index is 0.176. The van der Waals surface area contributed by atoms with Gasteiger partial charge in [0.2, 0.25) is 5.91 Å². The molecule has 4 fully saturated rings. The average molecular weight is 287 g/mol. The highest BCUT2D eigenvalue weighted by atomic mass is 16.6. The first-order valence-corrected chi connectivity index (χ1v) is 6.85. The summed E-state index contributed by atoms with van der Waals surface area (Å²) in [4.78, 5) is 41.4. The molecule has 3 amide bonds. The van der Waals surface area contributed by atoms with E-state index in [4.69, 9.17) is 4.74 Å². The molecule has 108 valence electrons. The molecule has 1 unspecified atom stereocenters. The van der Waals surface area contributed by atoms with E-state index in [2.05, 4.69) is 10.3 Å². The van der Waals surface area contributed by atoms with Gasteiger partial charge in [-0.05, 0) is 25.0 Å². The summed E-state index contributed by atoms with van der Waals surface area (Å²) in [6, 6.07) is 5.39. The maximum absolute atomic E-state index is 12.1. The smallest absolute Gasteiger partial charge is 0.411 e. The van der Waals surface area contributed by atoms with Crippen molar-refractivity contribution in [2.24, 2.45) is 5.92 Å². The SMILES string of the molecule is O=C1NC(=O)C2(N3CC(c4ccccn4)OC3=O)CC1C2. The molecule has 0 spiro atoms. The number of aromatic nitrogens is 1. The van der Waals surface area contributed by atoms with Crippen LogP contribution in [0.15, 0.2) is 24.4 Å². The average Bonchev–Trinajstić information content (AvgIpc) is 2.81. The molecule has 0 radical (unpaired) electrons. The molecule has 1 atom stereocenters. The second-order valence-electron chi connectivity index (χ2n) is 5.69. The monoisotopic (exact) mass is 287 g/mol. The number of hydrogen-bond acceptors (Lipinski definition) is 5. The summed E-state index contributed by atoms with van der Waals surface area (Å²) >= 11 is 0. The summed E-state index contributed by atoms with van der Waals surface area (Å²) < 4.78 is 5.34. The summed E-state index contributed by atoms with van der Waals surface area (Å²) in [5.41, 5.74) is -0.257. The van der Waals surface area contributed by atoms with Gasteiger partial charge in [-0.2, -0.15) is 0 Å². The molecule has 0 aromatic carbocycles. The molecule has 3 aliphatic heterocycles. The molecule has 7 nitrogen and oxygen atoms in total. The predicted octanol–water partition coefficient (Wildman–Crippen LogP) is 0.380. The minimum atomic E-state index is -0.917. The van der Waals surface area contributed by atoms with E-state index in [1.807, 2.05) is 6.07 Å². The fourth-order valence-corrected chi connectivity index (χ4v) is 3.33. The standard InChI is InChI=1S/C14H13N3O4/c18-11-8-5-14(6-8,12(19)16-11)17-7-10(21-13(17)20)9-3-1-2-4-15-9/h1-4,8,10H,5-7H2,(H,16,18,19). The maximum atomic E-state index is 12.1. The first-order chi connectivity index (χ1) is 10.1. The summed E-state index contributed by atoms with van der Waals surface area (Å²) in [5.74, 6) is -0.811. The highest BCUT2D eigenvalue weighted by Gasteiger charge is 2.64. The van der Waals surface area contributed by atoms with Crippen molar-refractivity contribution in [1.29, 1.82) is 0 Å². The van der Waals surface area contributed by atoms with Gasteiger partial charge < -0.3 is 4.74 Å². The van der Waals surface area contributed by atoms with Crippen LogP contribution in [0.1, 0.15) is 24.6 Å². The van der Waals surface area contributed by atoms with Crippen LogP contribution in [0.3, 0.4) is 0 Å². The number of nitrogens with zero attached hydrogens (tertiary/aromatic N) is 2. The van der Waals surface area contributed by atoms with Gasteiger partial charge in [-0.15, -0.1) is 0 Å². The molecule has 1 saturated carbocycles. The Bertz CT molecular complexity index is 639. The highest BCUT2D eigenvalue weighted by Crippen LogP contribution is 2.48. The number of hydrogen-bond donors (Lipinski definition) is 1. The van der Waals surface area contributed by atoms with E-state index in [1.54, 1.807) is 18.3 Å². The topological polar surface area (TPSA) is 88.6 Å². The number of cyclic esters (lactones) is 1. The molecule has 7 heteroatoms. The van der Waals surface area contributed by atoms with Crippen LogP contribution in [0.4, 0.5) is 4.79 Å². The fraction of sp³-hybridized carbons (Fsp3) is 0.429. The van der Waals surface area contributed by atoms with E-state index in [0.29, 0.717) is 18.5 Å². The van der Waals surface area contributed by atoms with Crippen molar-refractivity contribution in [1.82, 2.24) is 15.2 Å². The Kier molecular flexibility index (Phi) is 2.36. The first kappa shape index (κ1) is 12.3. The number of amides is 3. The third-order valence-corrected chi connectivity index (χ3v) is 4.54. The van der Waals surface area contributed by atoms with Crippen LogP contribution in [0.2, 0.25) is 0 Å². The number of pyridine rings is 1. The first-order valence-electron chi connectivity index (χ1n) is 6.85. The van der Waals surface area contributed by atoms with Crippen molar-refractivity contribution in [3.63, 3.8) is 0 Å². The molecule has 1 N–H and O–H groups in total. The van der Waals surface area contributed by atoms with Crippen LogP contribution in [-0.2, 0) is 14.3 Å². The number of carbonyl (C=O) groups excluding carboxylic acids is 3. The number of nitrogens with one attached hydrogen (secondary N) is 1. The van der Waals surface area contributed by atoms with E-state index in [-0.39, 0.29) is 18.4 Å². The van der Waals surface area contributed by atoms with Gasteiger partial charge in [-0.1, -0.05) is 6.07 Å². The Labute approximate surface area is 120 Å². The van der Waals surface area contributed by atoms with Gasteiger partial charge in [-0.3, -0.25) is 24.8 Å². The number of ether oxygens (including phenoxy) is 1. The lowest BCUT2D eigenvalue weighted by Crippen LogP contribution is -2.73. The largest absolute Gasteiger partial charge is 0.438 e. The fourth-order valence-electron chi connectivity index (χ4n) is 3.33. The predicted molar refractivity (Wildman–Crippen MR) is 68.8 cm³/mol. The van der Waals surface area contributed by atoms with Crippen molar-refractivity contribution >= 4 is 17.9 Å². The van der Waals surface area contributed by atoms with Crippen molar-refractivity contribution in [2.45, 2.75) is 24.5 Å². The summed E-state index contributed by atoms with van der Waals surface area (Å²) in [6.07, 6.45) is 1.42. The van der Waals surface area contributed by atoms with Crippen molar-refractivity contribution in [2.75, 3.05) is 6.54 Å². The van der Waals surface area contributed by atoms with Crippen LogP contribution in [0.5, 0.6) is 0 Å². The molecule has 4 aliphatic rings. The van der Waals surface area contributed by atoms with E-state index in [9.17, 15) is 14.4 Å². The quantitative estimate of drug-likeness (QED) is 0.794. The van der Waals surface area contributed by atoms with Gasteiger partial charge in [0.25, 0.3) is 5.91 Å². The Hall–Kier alpha value is -2.44. The zero-order chi connectivity index (χ0) is 14.6. The van der Waals surface area contributed by atoms with Crippen LogP contribution in [-0.4, -0.2) is 39.9 Å². The second-order valence-corrected chi connectivity index (χ2v) is 5.69. The zero-order valence-electron chi connectivity index (χ0n) is 11.1. The lowest BCUT2D eigenvalue weighted by Gasteiger charge is -2.52. The van der Waals surface area contributed by atoms with Crippen LogP contribution in [0.25, 0.3) is 0 Å². The van der Waals surface area contributed by atoms with Crippen molar-refractivity contribution < 1.29 is 19.1 Å². The van der Waals surface area contributed by atoms with Gasteiger partial charge in [-0.25, -0.2) is 4.79 Å². The number of carbonyl (C=O) groups is 3. The van der Waals surface area contributed by atoms with E-state index < -0.39 is 23.6 Å². The molecular formula is C14H13N3O4. The Morgan fingerprint density at radius 3 is 2.76 bits per heavy atom. The second kappa shape index (κ2) is 4.03. The third-order valence-electron chi connectivity index (χ3n) is 4.54. The van der Waals surface area contributed by atoms with Gasteiger partial charge in [0.15, 0.2) is 6.10 Å². The lowest BCUT2D eigenvalue weighted by molar-refractivity contribution is -0.159. The summed E-state index contributed by atoms with van der Waals surface area (Å²) in [6.45, 7) is 0.282. The van der Waals surface area contributed by atoms with Crippen LogP contribution < -0.4 is 5.32 Å². The van der Waals surface area contributed by atoms with E-state index in [0.717, 1.165) is 0 Å². The van der Waals surface area contributed by atoms with Gasteiger partial charge in [0.05, 0.1) is 12.2 Å². The molecule has 1 aromatic rings. The molecule has 1 aromatic heterocycles. The van der Waals surface area contributed by atoms with Crippen molar-refractivity contribution in [3.05, 3.63) is 30.1 Å².